The van der Waals surface area contributed by atoms with Gasteiger partial charge in [0.25, 0.3) is 0 Å². The fourth-order valence-electron chi connectivity index (χ4n) is 1.75. The minimum Gasteiger partial charge on any atom is -0.355 e. The van der Waals surface area contributed by atoms with Crippen molar-refractivity contribution in [2.75, 3.05) is 19.6 Å². The van der Waals surface area contributed by atoms with E-state index < -0.39 is 0 Å². The first kappa shape index (κ1) is 13.3. The maximum atomic E-state index is 11.4. The zero-order valence-corrected chi connectivity index (χ0v) is 10.8. The Morgan fingerprint density at radius 3 is 2.50 bits per heavy atom. The molecule has 5 heteroatoms. The van der Waals surface area contributed by atoms with Crippen LogP contribution in [0.3, 0.4) is 0 Å². The predicted octanol–water partition coefficient (Wildman–Crippen LogP) is 0.161. The highest BCUT2D eigenvalue weighted by Crippen LogP contribution is 2.27. The number of amides is 2. The summed E-state index contributed by atoms with van der Waals surface area (Å²) in [5, 5.41) is 8.91. The van der Waals surface area contributed by atoms with Gasteiger partial charge in [0.2, 0.25) is 11.8 Å². The van der Waals surface area contributed by atoms with Crippen molar-refractivity contribution in [1.82, 2.24) is 16.0 Å². The first-order valence-electron chi connectivity index (χ1n) is 7.01. The molecule has 2 amide bonds. The summed E-state index contributed by atoms with van der Waals surface area (Å²) >= 11 is 0. The van der Waals surface area contributed by atoms with Crippen LogP contribution in [-0.4, -0.2) is 37.5 Å². The lowest BCUT2D eigenvalue weighted by molar-refractivity contribution is -0.121. The van der Waals surface area contributed by atoms with Crippen molar-refractivity contribution >= 4 is 11.8 Å². The molecule has 0 aliphatic heterocycles. The summed E-state index contributed by atoms with van der Waals surface area (Å²) in [5.41, 5.74) is 0. The molecule has 2 aliphatic carbocycles. The van der Waals surface area contributed by atoms with Gasteiger partial charge in [0.1, 0.15) is 0 Å². The second kappa shape index (κ2) is 6.73. The molecule has 2 rings (SSSR count). The summed E-state index contributed by atoms with van der Waals surface area (Å²) in [6.07, 6.45) is 6.10. The van der Waals surface area contributed by atoms with Gasteiger partial charge in [-0.15, -0.1) is 0 Å². The van der Waals surface area contributed by atoms with Gasteiger partial charge in [-0.1, -0.05) is 0 Å². The molecule has 0 aromatic rings. The lowest BCUT2D eigenvalue weighted by Crippen LogP contribution is -2.35. The van der Waals surface area contributed by atoms with Crippen LogP contribution in [0, 0.1) is 5.92 Å². The van der Waals surface area contributed by atoms with Gasteiger partial charge in [0.05, 0.1) is 6.54 Å². The van der Waals surface area contributed by atoms with Crippen molar-refractivity contribution in [3.63, 3.8) is 0 Å². The van der Waals surface area contributed by atoms with Crippen LogP contribution in [0.25, 0.3) is 0 Å². The highest BCUT2D eigenvalue weighted by atomic mass is 16.2. The first-order chi connectivity index (χ1) is 8.74. The Balaban J connectivity index is 1.37. The first-order valence-corrected chi connectivity index (χ1v) is 7.01. The third-order valence-electron chi connectivity index (χ3n) is 3.27. The van der Waals surface area contributed by atoms with E-state index in [2.05, 4.69) is 16.0 Å². The number of nitrogens with one attached hydrogen (secondary N) is 3. The molecule has 2 aliphatic rings. The minimum atomic E-state index is 0.0596. The van der Waals surface area contributed by atoms with Gasteiger partial charge in [0, 0.05) is 19.0 Å². The third-order valence-corrected chi connectivity index (χ3v) is 3.27. The van der Waals surface area contributed by atoms with E-state index in [4.69, 9.17) is 0 Å². The van der Waals surface area contributed by atoms with Gasteiger partial charge < -0.3 is 16.0 Å². The van der Waals surface area contributed by atoms with Gasteiger partial charge in [-0.05, 0) is 44.6 Å². The maximum Gasteiger partial charge on any atom is 0.233 e. The van der Waals surface area contributed by atoms with Crippen LogP contribution in [0.5, 0.6) is 0 Å². The molecule has 0 aromatic heterocycles. The van der Waals surface area contributed by atoms with Gasteiger partial charge in [0.15, 0.2) is 0 Å². The molecular formula is C13H23N3O2. The molecule has 0 radical (unpaired) electrons. The van der Waals surface area contributed by atoms with Gasteiger partial charge in [-0.25, -0.2) is 0 Å². The number of rotatable bonds is 9. The van der Waals surface area contributed by atoms with E-state index in [1.807, 2.05) is 0 Å². The topological polar surface area (TPSA) is 70.2 Å². The van der Waals surface area contributed by atoms with E-state index in [0.29, 0.717) is 19.0 Å². The monoisotopic (exact) mass is 253 g/mol. The molecule has 0 heterocycles. The van der Waals surface area contributed by atoms with Gasteiger partial charge in [-0.3, -0.25) is 9.59 Å². The van der Waals surface area contributed by atoms with Crippen LogP contribution in [0.1, 0.15) is 38.5 Å². The number of hydrogen-bond donors (Lipinski definition) is 3. The molecule has 2 fully saturated rings. The normalized spacial score (nSPS) is 18.4. The van der Waals surface area contributed by atoms with Crippen molar-refractivity contribution in [1.29, 1.82) is 0 Å². The van der Waals surface area contributed by atoms with Crippen LogP contribution in [0.2, 0.25) is 0 Å². The van der Waals surface area contributed by atoms with Crippen LogP contribution < -0.4 is 16.0 Å². The Hall–Kier alpha value is -1.10. The fraction of sp³-hybridized carbons (Fsp3) is 0.846. The Labute approximate surface area is 108 Å². The average Bonchev–Trinajstić information content (AvgIpc) is 3.20. The summed E-state index contributed by atoms with van der Waals surface area (Å²) in [4.78, 5) is 22.7. The molecule has 102 valence electrons. The average molecular weight is 253 g/mol. The smallest absolute Gasteiger partial charge is 0.233 e. The fourth-order valence-corrected chi connectivity index (χ4v) is 1.75. The van der Waals surface area contributed by atoms with Crippen molar-refractivity contribution < 1.29 is 9.59 Å². The summed E-state index contributed by atoms with van der Waals surface area (Å²) in [7, 11) is 0. The Kier molecular flexibility index (Phi) is 4.99. The van der Waals surface area contributed by atoms with E-state index in [-0.39, 0.29) is 11.8 Å². The SMILES string of the molecule is O=C(CNCCCC(=O)NC1CC1)NCC1CC1. The minimum absolute atomic E-state index is 0.0596. The lowest BCUT2D eigenvalue weighted by atomic mass is 10.3. The second-order valence-electron chi connectivity index (χ2n) is 5.37. The second-order valence-corrected chi connectivity index (χ2v) is 5.37. The maximum absolute atomic E-state index is 11.4. The molecule has 0 spiro atoms. The highest BCUT2D eigenvalue weighted by molar-refractivity contribution is 5.78. The van der Waals surface area contributed by atoms with E-state index in [1.54, 1.807) is 0 Å². The molecule has 0 saturated heterocycles. The molecule has 5 nitrogen and oxygen atoms in total. The summed E-state index contributed by atoms with van der Waals surface area (Å²) in [6, 6.07) is 0.443. The molecule has 0 unspecified atom stereocenters. The summed E-state index contributed by atoms with van der Waals surface area (Å²) in [6.45, 7) is 1.90. The van der Waals surface area contributed by atoms with Gasteiger partial charge >= 0.3 is 0 Å². The summed E-state index contributed by atoms with van der Waals surface area (Å²) in [5.74, 6) is 0.918. The molecule has 18 heavy (non-hydrogen) atoms. The Bertz CT molecular complexity index is 299. The van der Waals surface area contributed by atoms with Crippen molar-refractivity contribution in [3.8, 4) is 0 Å². The van der Waals surface area contributed by atoms with E-state index in [0.717, 1.165) is 38.3 Å². The summed E-state index contributed by atoms with van der Waals surface area (Å²) < 4.78 is 0. The predicted molar refractivity (Wildman–Crippen MR) is 69.0 cm³/mol. The zero-order chi connectivity index (χ0) is 12.8. The molecular weight excluding hydrogens is 230 g/mol. The van der Waals surface area contributed by atoms with Crippen LogP contribution in [-0.2, 0) is 9.59 Å². The molecule has 0 bridgehead atoms. The van der Waals surface area contributed by atoms with Crippen molar-refractivity contribution in [2.24, 2.45) is 5.92 Å². The third kappa shape index (κ3) is 6.00. The van der Waals surface area contributed by atoms with Crippen molar-refractivity contribution in [2.45, 2.75) is 44.6 Å². The highest BCUT2D eigenvalue weighted by Gasteiger charge is 2.23. The number of carbonyl (C=O) groups excluding carboxylic acids is 2. The largest absolute Gasteiger partial charge is 0.355 e. The molecule has 2 saturated carbocycles. The zero-order valence-electron chi connectivity index (χ0n) is 10.8. The van der Waals surface area contributed by atoms with E-state index in [1.165, 1.54) is 12.8 Å². The van der Waals surface area contributed by atoms with E-state index >= 15 is 0 Å². The van der Waals surface area contributed by atoms with Crippen LogP contribution in [0.15, 0.2) is 0 Å². The van der Waals surface area contributed by atoms with Crippen molar-refractivity contribution in [3.05, 3.63) is 0 Å². The van der Waals surface area contributed by atoms with Crippen LogP contribution >= 0.6 is 0 Å². The number of carbonyl (C=O) groups is 2. The molecule has 0 atom stereocenters. The van der Waals surface area contributed by atoms with E-state index in [9.17, 15) is 9.59 Å². The number of hydrogen-bond acceptors (Lipinski definition) is 3. The van der Waals surface area contributed by atoms with Gasteiger partial charge in [-0.2, -0.15) is 0 Å². The molecule has 0 aromatic carbocycles. The quantitative estimate of drug-likeness (QED) is 0.513. The Morgan fingerprint density at radius 2 is 1.83 bits per heavy atom. The van der Waals surface area contributed by atoms with Crippen LogP contribution in [0.4, 0.5) is 0 Å². The lowest BCUT2D eigenvalue weighted by Gasteiger charge is -2.06. The Morgan fingerprint density at radius 1 is 1.06 bits per heavy atom. The standard InChI is InChI=1S/C13H23N3O2/c17-12(16-11-5-6-11)2-1-7-14-9-13(18)15-8-10-3-4-10/h10-11,14H,1-9H2,(H,15,18)(H,16,17). The molecule has 3 N–H and O–H groups in total.